The van der Waals surface area contributed by atoms with E-state index in [0.717, 1.165) is 70.6 Å². The van der Waals surface area contributed by atoms with Crippen molar-refractivity contribution in [1.29, 1.82) is 0 Å². The van der Waals surface area contributed by atoms with E-state index in [4.69, 9.17) is 14.2 Å². The first kappa shape index (κ1) is 46.3. The molecule has 49 heavy (non-hydrogen) atoms. The molecule has 8 nitrogen and oxygen atoms in total. The number of ether oxygens (including phenoxy) is 3. The number of carboxylic acid groups (broad SMARTS) is 1. The van der Waals surface area contributed by atoms with Gasteiger partial charge in [-0.05, 0) is 51.4 Å². The molecule has 0 spiro atoms. The van der Waals surface area contributed by atoms with Crippen LogP contribution >= 0.6 is 0 Å². The summed E-state index contributed by atoms with van der Waals surface area (Å²) in [5.41, 5.74) is 0. The highest BCUT2D eigenvalue weighted by Gasteiger charge is 2.31. The number of carbonyl (C=O) groups excluding carboxylic acids is 2. The molecule has 0 aliphatic heterocycles. The molecule has 0 saturated heterocycles. The van der Waals surface area contributed by atoms with Gasteiger partial charge in [-0.3, -0.25) is 9.59 Å². The number of unbranched alkanes of at least 4 members (excludes halogenated alkanes) is 13. The highest BCUT2D eigenvalue weighted by molar-refractivity contribution is 5.72. The number of likely N-dealkylation sites (N-methyl/N-ethyl adjacent to an activating group) is 1. The molecule has 0 amide bonds. The Labute approximate surface area is 299 Å². The zero-order valence-electron chi connectivity index (χ0n) is 31.9. The summed E-state index contributed by atoms with van der Waals surface area (Å²) in [6.45, 7) is 4.51. The maximum absolute atomic E-state index is 12.6. The molecule has 2 atom stereocenters. The second-order valence-corrected chi connectivity index (χ2v) is 13.9. The van der Waals surface area contributed by atoms with E-state index in [-0.39, 0.29) is 36.2 Å². The van der Waals surface area contributed by atoms with Crippen LogP contribution in [0.15, 0.2) is 48.6 Å². The molecule has 0 aliphatic carbocycles. The molecule has 0 bridgehead atoms. The Hall–Kier alpha value is -2.71. The summed E-state index contributed by atoms with van der Waals surface area (Å²) in [7, 11) is 5.50. The van der Waals surface area contributed by atoms with Gasteiger partial charge in [0.05, 0.1) is 34.4 Å². The van der Waals surface area contributed by atoms with Crippen molar-refractivity contribution in [1.82, 2.24) is 0 Å². The van der Waals surface area contributed by atoms with Crippen LogP contribution in [0.1, 0.15) is 142 Å². The van der Waals surface area contributed by atoms with Crippen LogP contribution in [0, 0.1) is 0 Å². The number of quaternary nitrogens is 1. The molecule has 8 heteroatoms. The van der Waals surface area contributed by atoms with Crippen LogP contribution in [-0.2, 0) is 28.6 Å². The number of nitrogens with zero attached hydrogens (tertiary/aromatic N) is 1. The quantitative estimate of drug-likeness (QED) is 0.0241. The summed E-state index contributed by atoms with van der Waals surface area (Å²) in [4.78, 5) is 36.7. The summed E-state index contributed by atoms with van der Waals surface area (Å²) in [6.07, 6.45) is 35.8. The lowest BCUT2D eigenvalue weighted by atomic mass is 10.1. The predicted octanol–water partition coefficient (Wildman–Crippen LogP) is 9.68. The summed E-state index contributed by atoms with van der Waals surface area (Å²) < 4.78 is 17.2. The fourth-order valence-electron chi connectivity index (χ4n) is 5.25. The fraction of sp³-hybridized carbons (Fsp3) is 0.732. The lowest BCUT2D eigenvalue weighted by molar-refractivity contribution is -0.887. The van der Waals surface area contributed by atoms with Crippen molar-refractivity contribution in [3.05, 3.63) is 48.6 Å². The number of carboxylic acids is 1. The second-order valence-electron chi connectivity index (χ2n) is 13.9. The molecule has 0 heterocycles. The number of aliphatic carboxylic acids is 1. The van der Waals surface area contributed by atoms with Crippen LogP contribution in [-0.4, -0.2) is 80.6 Å². The van der Waals surface area contributed by atoms with Crippen molar-refractivity contribution in [3.8, 4) is 0 Å². The Morgan fingerprint density at radius 1 is 0.633 bits per heavy atom. The van der Waals surface area contributed by atoms with E-state index in [0.29, 0.717) is 19.3 Å². The number of carbonyl (C=O) groups is 3. The van der Waals surface area contributed by atoms with Gasteiger partial charge in [0.25, 0.3) is 0 Å². The Kier molecular flexibility index (Phi) is 30.7. The molecule has 0 fully saturated rings. The number of hydrogen-bond acceptors (Lipinski definition) is 6. The summed E-state index contributed by atoms with van der Waals surface area (Å²) in [5, 5.41) is 9.57. The second kappa shape index (κ2) is 32.5. The van der Waals surface area contributed by atoms with E-state index in [1.54, 1.807) is 0 Å². The van der Waals surface area contributed by atoms with Gasteiger partial charge in [0, 0.05) is 19.3 Å². The average molecular weight is 691 g/mol. The Morgan fingerprint density at radius 3 is 1.73 bits per heavy atom. The molecule has 282 valence electrons. The molecule has 2 unspecified atom stereocenters. The van der Waals surface area contributed by atoms with Crippen molar-refractivity contribution in [2.45, 2.75) is 154 Å². The van der Waals surface area contributed by atoms with Gasteiger partial charge in [-0.25, -0.2) is 4.79 Å². The van der Waals surface area contributed by atoms with Crippen LogP contribution in [0.25, 0.3) is 0 Å². The van der Waals surface area contributed by atoms with Crippen LogP contribution < -0.4 is 0 Å². The highest BCUT2D eigenvalue weighted by Crippen LogP contribution is 2.13. The third-order valence-electron chi connectivity index (χ3n) is 8.27. The first-order valence-corrected chi connectivity index (χ1v) is 19.2. The molecular weight excluding hydrogens is 618 g/mol. The van der Waals surface area contributed by atoms with Gasteiger partial charge in [-0.2, -0.15) is 0 Å². The van der Waals surface area contributed by atoms with Crippen LogP contribution in [0.3, 0.4) is 0 Å². The van der Waals surface area contributed by atoms with Crippen molar-refractivity contribution < 1.29 is 38.2 Å². The van der Waals surface area contributed by atoms with Gasteiger partial charge in [0.1, 0.15) is 6.61 Å². The van der Waals surface area contributed by atoms with Gasteiger partial charge in [-0.1, -0.05) is 120 Å². The molecule has 0 aliphatic rings. The van der Waals surface area contributed by atoms with E-state index < -0.39 is 18.1 Å². The minimum absolute atomic E-state index is 0.0513. The van der Waals surface area contributed by atoms with Crippen LogP contribution in [0.4, 0.5) is 0 Å². The van der Waals surface area contributed by atoms with Crippen molar-refractivity contribution in [2.24, 2.45) is 0 Å². The number of rotatable bonds is 33. The SMILES string of the molecule is CC/C=C/C=C/C=C/CCCCCCCCCC(=O)OCC(COCCC(C(=O)O)[N+](C)(C)C)OC(=O)CCCCCC/C=C/CCCC. The first-order valence-electron chi connectivity index (χ1n) is 19.2. The minimum Gasteiger partial charge on any atom is -0.477 e. The van der Waals surface area contributed by atoms with Crippen molar-refractivity contribution >= 4 is 17.9 Å². The summed E-state index contributed by atoms with van der Waals surface area (Å²) in [6, 6.07) is -0.617. The standard InChI is InChI=1S/C41H71NO7/c1-6-8-10-12-14-16-18-19-20-21-22-24-25-27-29-31-39(43)48-36-37(35-47-34-33-38(41(45)46)42(3,4)5)49-40(44)32-30-28-26-23-17-15-13-11-9-7-2/h8,10,12-16,18,37-38H,6-7,9,11,17,19-36H2,1-5H3/p+1/b10-8+,14-12+,15-13+,18-16+. The lowest BCUT2D eigenvalue weighted by Crippen LogP contribution is -2.50. The molecule has 0 aromatic carbocycles. The zero-order valence-corrected chi connectivity index (χ0v) is 31.9. The lowest BCUT2D eigenvalue weighted by Gasteiger charge is -2.31. The maximum Gasteiger partial charge on any atom is 0.362 e. The van der Waals surface area contributed by atoms with Crippen molar-refractivity contribution in [2.75, 3.05) is 41.0 Å². The highest BCUT2D eigenvalue weighted by atomic mass is 16.6. The fourth-order valence-corrected chi connectivity index (χ4v) is 5.25. The smallest absolute Gasteiger partial charge is 0.362 e. The van der Waals surface area contributed by atoms with E-state index in [1.807, 2.05) is 21.1 Å². The Morgan fingerprint density at radius 2 is 1.16 bits per heavy atom. The molecule has 0 saturated carbocycles. The average Bonchev–Trinajstić information content (AvgIpc) is 3.05. The van der Waals surface area contributed by atoms with Gasteiger partial charge >= 0.3 is 17.9 Å². The predicted molar refractivity (Wildman–Crippen MR) is 201 cm³/mol. The van der Waals surface area contributed by atoms with Gasteiger partial charge < -0.3 is 23.8 Å². The third-order valence-corrected chi connectivity index (χ3v) is 8.27. The summed E-state index contributed by atoms with van der Waals surface area (Å²) >= 11 is 0. The van der Waals surface area contributed by atoms with Crippen LogP contribution in [0.5, 0.6) is 0 Å². The van der Waals surface area contributed by atoms with Gasteiger partial charge in [0.15, 0.2) is 12.1 Å². The minimum atomic E-state index is -0.882. The van der Waals surface area contributed by atoms with E-state index >= 15 is 0 Å². The van der Waals surface area contributed by atoms with Crippen LogP contribution in [0.2, 0.25) is 0 Å². The van der Waals surface area contributed by atoms with E-state index in [2.05, 4.69) is 62.5 Å². The molecule has 0 radical (unpaired) electrons. The normalized spacial score (nSPS) is 13.6. The maximum atomic E-state index is 12.6. The van der Waals surface area contributed by atoms with E-state index in [1.165, 1.54) is 38.5 Å². The monoisotopic (exact) mass is 691 g/mol. The van der Waals surface area contributed by atoms with Gasteiger partial charge in [-0.15, -0.1) is 0 Å². The third kappa shape index (κ3) is 31.0. The number of hydrogen-bond donors (Lipinski definition) is 1. The first-order chi connectivity index (χ1) is 23.6. The number of allylic oxidation sites excluding steroid dienone is 8. The van der Waals surface area contributed by atoms with E-state index in [9.17, 15) is 19.5 Å². The Balaban J connectivity index is 4.42. The molecule has 0 rings (SSSR count). The topological polar surface area (TPSA) is 99.1 Å². The largest absolute Gasteiger partial charge is 0.477 e. The molecular formula is C41H72NO7+. The molecule has 0 aromatic rings. The molecule has 1 N–H and O–H groups in total. The number of esters is 2. The van der Waals surface area contributed by atoms with Crippen molar-refractivity contribution in [3.63, 3.8) is 0 Å². The van der Waals surface area contributed by atoms with Gasteiger partial charge in [0.2, 0.25) is 0 Å². The summed E-state index contributed by atoms with van der Waals surface area (Å²) in [5.74, 6) is -1.51. The zero-order chi connectivity index (χ0) is 36.4. The Bertz CT molecular complexity index is 948. The molecule has 0 aromatic heterocycles.